The minimum absolute atomic E-state index is 0.695. The first-order valence-corrected chi connectivity index (χ1v) is 7.26. The maximum Gasteiger partial charge on any atom is 0.0455 e. The van der Waals surface area contributed by atoms with Gasteiger partial charge in [0.05, 0.1) is 0 Å². The van der Waals surface area contributed by atoms with Crippen molar-refractivity contribution in [2.24, 2.45) is 0 Å². The Hall–Kier alpha value is -0.730. The molecule has 1 saturated heterocycles. The van der Waals surface area contributed by atoms with Crippen LogP contribution in [-0.4, -0.2) is 26.2 Å². The zero-order chi connectivity index (χ0) is 13.0. The predicted octanol–water partition coefficient (Wildman–Crippen LogP) is 3.62. The Labute approximate surface area is 115 Å². The van der Waals surface area contributed by atoms with Gasteiger partial charge >= 0.3 is 0 Å². The molecule has 1 aromatic carbocycles. The van der Waals surface area contributed by atoms with Gasteiger partial charge in [-0.1, -0.05) is 24.1 Å². The van der Waals surface area contributed by atoms with E-state index >= 15 is 0 Å². The van der Waals surface area contributed by atoms with Crippen molar-refractivity contribution in [2.75, 3.05) is 25.0 Å². The third-order valence-corrected chi connectivity index (χ3v) is 4.29. The predicted molar refractivity (Wildman–Crippen MR) is 79.7 cm³/mol. The van der Waals surface area contributed by atoms with E-state index in [0.29, 0.717) is 6.04 Å². The van der Waals surface area contributed by atoms with Crippen LogP contribution in [0.15, 0.2) is 18.2 Å². The smallest absolute Gasteiger partial charge is 0.0455 e. The third kappa shape index (κ3) is 3.39. The van der Waals surface area contributed by atoms with Crippen LogP contribution in [0.5, 0.6) is 0 Å². The van der Waals surface area contributed by atoms with Crippen LogP contribution in [0.4, 0.5) is 5.69 Å². The van der Waals surface area contributed by atoms with Crippen LogP contribution in [0.3, 0.4) is 0 Å². The SMILES string of the molecule is Cc1c(Cl)cccc1N(C)CCC1CCCCN1. The lowest BCUT2D eigenvalue weighted by Crippen LogP contribution is -2.36. The van der Waals surface area contributed by atoms with E-state index in [1.54, 1.807) is 0 Å². The number of nitrogens with one attached hydrogen (secondary N) is 1. The van der Waals surface area contributed by atoms with Crippen molar-refractivity contribution in [1.82, 2.24) is 5.32 Å². The van der Waals surface area contributed by atoms with Crippen LogP contribution >= 0.6 is 11.6 Å². The maximum atomic E-state index is 6.17. The number of halogens is 1. The van der Waals surface area contributed by atoms with Crippen molar-refractivity contribution in [3.63, 3.8) is 0 Å². The third-order valence-electron chi connectivity index (χ3n) is 3.88. The monoisotopic (exact) mass is 266 g/mol. The summed E-state index contributed by atoms with van der Waals surface area (Å²) in [7, 11) is 2.15. The summed E-state index contributed by atoms with van der Waals surface area (Å²) in [5, 5.41) is 4.46. The van der Waals surface area contributed by atoms with Crippen molar-refractivity contribution in [3.05, 3.63) is 28.8 Å². The van der Waals surface area contributed by atoms with Gasteiger partial charge in [0.1, 0.15) is 0 Å². The number of rotatable bonds is 4. The summed E-state index contributed by atoms with van der Waals surface area (Å²) in [4.78, 5) is 2.32. The number of anilines is 1. The molecular formula is C15H23ClN2. The summed E-state index contributed by atoms with van der Waals surface area (Å²) in [5.41, 5.74) is 2.43. The average Bonchev–Trinajstić information content (AvgIpc) is 2.40. The quantitative estimate of drug-likeness (QED) is 0.896. The molecule has 0 aliphatic carbocycles. The fourth-order valence-corrected chi connectivity index (χ4v) is 2.82. The summed E-state index contributed by atoms with van der Waals surface area (Å²) in [6.45, 7) is 4.36. The number of hydrogen-bond acceptors (Lipinski definition) is 2. The van der Waals surface area contributed by atoms with Gasteiger partial charge in [-0.3, -0.25) is 0 Å². The molecule has 0 aromatic heterocycles. The van der Waals surface area contributed by atoms with Gasteiger partial charge in [0.15, 0.2) is 0 Å². The fraction of sp³-hybridized carbons (Fsp3) is 0.600. The summed E-state index contributed by atoms with van der Waals surface area (Å²) >= 11 is 6.17. The molecule has 18 heavy (non-hydrogen) atoms. The van der Waals surface area contributed by atoms with E-state index in [9.17, 15) is 0 Å². The van der Waals surface area contributed by atoms with Crippen LogP contribution in [-0.2, 0) is 0 Å². The lowest BCUT2D eigenvalue weighted by atomic mass is 10.0. The van der Waals surface area contributed by atoms with Crippen molar-refractivity contribution < 1.29 is 0 Å². The number of piperidine rings is 1. The Bertz CT molecular complexity index is 386. The molecule has 1 unspecified atom stereocenters. The topological polar surface area (TPSA) is 15.3 Å². The van der Waals surface area contributed by atoms with Crippen molar-refractivity contribution in [2.45, 2.75) is 38.6 Å². The van der Waals surface area contributed by atoms with E-state index in [-0.39, 0.29) is 0 Å². The molecule has 0 amide bonds. The normalized spacial score (nSPS) is 19.8. The highest BCUT2D eigenvalue weighted by Gasteiger charge is 2.14. The Kier molecular flexibility index (Phi) is 4.90. The molecule has 0 saturated carbocycles. The standard InChI is InChI=1S/C15H23ClN2/c1-12-14(16)7-5-8-15(12)18(2)11-9-13-6-3-4-10-17-13/h5,7-8,13,17H,3-4,6,9-11H2,1-2H3. The lowest BCUT2D eigenvalue weighted by Gasteiger charge is -2.27. The molecule has 100 valence electrons. The average molecular weight is 267 g/mol. The Morgan fingerprint density at radius 3 is 2.94 bits per heavy atom. The van der Waals surface area contributed by atoms with Gasteiger partial charge in [-0.05, 0) is 50.4 Å². The minimum atomic E-state index is 0.695. The van der Waals surface area contributed by atoms with Crippen LogP contribution in [0.25, 0.3) is 0 Å². The van der Waals surface area contributed by atoms with Crippen LogP contribution < -0.4 is 10.2 Å². The van der Waals surface area contributed by atoms with Gasteiger partial charge in [-0.15, -0.1) is 0 Å². The molecule has 1 atom stereocenters. The molecule has 1 aliphatic rings. The van der Waals surface area contributed by atoms with Gasteiger partial charge in [0.2, 0.25) is 0 Å². The van der Waals surface area contributed by atoms with Crippen LogP contribution in [0, 0.1) is 6.92 Å². The number of nitrogens with zero attached hydrogens (tertiary/aromatic N) is 1. The highest BCUT2D eigenvalue weighted by atomic mass is 35.5. The Morgan fingerprint density at radius 1 is 1.39 bits per heavy atom. The summed E-state index contributed by atoms with van der Waals surface area (Å²) < 4.78 is 0. The molecule has 3 heteroatoms. The zero-order valence-electron chi connectivity index (χ0n) is 11.4. The molecule has 0 spiro atoms. The highest BCUT2D eigenvalue weighted by Crippen LogP contribution is 2.26. The first-order chi connectivity index (χ1) is 8.68. The number of benzene rings is 1. The van der Waals surface area contributed by atoms with Gasteiger partial charge < -0.3 is 10.2 Å². The molecule has 0 bridgehead atoms. The molecule has 2 rings (SSSR count). The second-order valence-electron chi connectivity index (χ2n) is 5.24. The van der Waals surface area contributed by atoms with Gasteiger partial charge in [-0.25, -0.2) is 0 Å². The largest absolute Gasteiger partial charge is 0.374 e. The maximum absolute atomic E-state index is 6.17. The fourth-order valence-electron chi connectivity index (χ4n) is 2.65. The first kappa shape index (κ1) is 13.7. The number of hydrogen-bond donors (Lipinski definition) is 1. The van der Waals surface area contributed by atoms with Gasteiger partial charge in [-0.2, -0.15) is 0 Å². The van der Waals surface area contributed by atoms with Crippen molar-refractivity contribution in [3.8, 4) is 0 Å². The summed E-state index contributed by atoms with van der Waals surface area (Å²) in [6.07, 6.45) is 5.24. The first-order valence-electron chi connectivity index (χ1n) is 6.88. The molecule has 2 nitrogen and oxygen atoms in total. The molecule has 1 fully saturated rings. The summed E-state index contributed by atoms with van der Waals surface area (Å²) in [5.74, 6) is 0. The molecule has 1 heterocycles. The molecular weight excluding hydrogens is 244 g/mol. The van der Waals surface area contributed by atoms with Crippen LogP contribution in [0.2, 0.25) is 5.02 Å². The van der Waals surface area contributed by atoms with E-state index in [2.05, 4.69) is 30.3 Å². The molecule has 1 aromatic rings. The van der Waals surface area contributed by atoms with Gasteiger partial charge in [0.25, 0.3) is 0 Å². The lowest BCUT2D eigenvalue weighted by molar-refractivity contribution is 0.384. The van der Waals surface area contributed by atoms with Gasteiger partial charge in [0, 0.05) is 30.3 Å². The van der Waals surface area contributed by atoms with E-state index in [1.807, 2.05) is 12.1 Å². The van der Waals surface area contributed by atoms with Crippen molar-refractivity contribution in [1.29, 1.82) is 0 Å². The molecule has 1 aliphatic heterocycles. The van der Waals surface area contributed by atoms with Crippen molar-refractivity contribution >= 4 is 17.3 Å². The Balaban J connectivity index is 1.90. The Morgan fingerprint density at radius 2 is 2.22 bits per heavy atom. The second kappa shape index (κ2) is 6.44. The molecule has 0 radical (unpaired) electrons. The van der Waals surface area contributed by atoms with E-state index < -0.39 is 0 Å². The van der Waals surface area contributed by atoms with E-state index in [4.69, 9.17) is 11.6 Å². The minimum Gasteiger partial charge on any atom is -0.374 e. The highest BCUT2D eigenvalue weighted by molar-refractivity contribution is 6.31. The summed E-state index contributed by atoms with van der Waals surface area (Å²) in [6, 6.07) is 6.83. The van der Waals surface area contributed by atoms with E-state index in [0.717, 1.165) is 11.6 Å². The van der Waals surface area contributed by atoms with E-state index in [1.165, 1.54) is 43.5 Å². The van der Waals surface area contributed by atoms with Crippen LogP contribution in [0.1, 0.15) is 31.2 Å². The molecule has 1 N–H and O–H groups in total. The zero-order valence-corrected chi connectivity index (χ0v) is 12.1. The second-order valence-corrected chi connectivity index (χ2v) is 5.65.